The molecule has 0 spiro atoms. The molecule has 1 fully saturated rings. The number of carbonyl (C=O) groups excluding carboxylic acids is 1. The average molecular weight is 423 g/mol. The van der Waals surface area contributed by atoms with E-state index in [2.05, 4.69) is 5.32 Å². The number of nitrogens with one attached hydrogen (secondary N) is 1. The van der Waals surface area contributed by atoms with Crippen LogP contribution in [0.25, 0.3) is 6.08 Å². The largest absolute Gasteiger partial charge is 0.492 e. The molecule has 1 amide bonds. The number of aliphatic hydroxyl groups excluding tert-OH is 1. The second-order valence-corrected chi connectivity index (χ2v) is 8.63. The van der Waals surface area contributed by atoms with Crippen LogP contribution in [0.4, 0.5) is 4.79 Å². The van der Waals surface area contributed by atoms with Gasteiger partial charge >= 0.3 is 13.2 Å². The number of ether oxygens (including phenoxy) is 1. The van der Waals surface area contributed by atoms with Crippen LogP contribution in [0.5, 0.6) is 0 Å². The summed E-state index contributed by atoms with van der Waals surface area (Å²) in [6.45, 7) is 8.29. The molecule has 31 heavy (non-hydrogen) atoms. The number of carbonyl (C=O) groups is 1. The lowest BCUT2D eigenvalue weighted by Crippen LogP contribution is -2.41. The zero-order chi connectivity index (χ0) is 22.5. The van der Waals surface area contributed by atoms with Crippen LogP contribution < -0.4 is 5.32 Å². The summed E-state index contributed by atoms with van der Waals surface area (Å²) in [6, 6.07) is 17.1. The predicted octanol–water partition coefficient (Wildman–Crippen LogP) is 4.12. The van der Waals surface area contributed by atoms with E-state index in [0.717, 1.165) is 22.2 Å². The Kier molecular flexibility index (Phi) is 7.21. The summed E-state index contributed by atoms with van der Waals surface area (Å²) < 4.78 is 17.7. The van der Waals surface area contributed by atoms with Crippen molar-refractivity contribution in [1.29, 1.82) is 0 Å². The van der Waals surface area contributed by atoms with Gasteiger partial charge in [0.2, 0.25) is 0 Å². The SMILES string of the molecule is CC1(C)OB(C(=Cc2cccc(CO)c2)CNC(=O)OCc2ccccc2)OC1(C)C. The van der Waals surface area contributed by atoms with Crippen LogP contribution >= 0.6 is 0 Å². The van der Waals surface area contributed by atoms with Crippen LogP contribution in [0, 0.1) is 0 Å². The molecular weight excluding hydrogens is 393 g/mol. The quantitative estimate of drug-likeness (QED) is 0.656. The monoisotopic (exact) mass is 423 g/mol. The minimum atomic E-state index is -0.614. The topological polar surface area (TPSA) is 77.0 Å². The minimum Gasteiger partial charge on any atom is -0.445 e. The third-order valence-electron chi connectivity index (χ3n) is 5.69. The van der Waals surface area contributed by atoms with E-state index in [0.29, 0.717) is 0 Å². The first kappa shape index (κ1) is 23.1. The van der Waals surface area contributed by atoms with Crippen molar-refractivity contribution in [1.82, 2.24) is 5.32 Å². The second kappa shape index (κ2) is 9.68. The number of hydrogen-bond acceptors (Lipinski definition) is 5. The lowest BCUT2D eigenvalue weighted by molar-refractivity contribution is 0.00578. The van der Waals surface area contributed by atoms with Crippen molar-refractivity contribution in [2.45, 2.75) is 52.1 Å². The van der Waals surface area contributed by atoms with Crippen LogP contribution in [0.1, 0.15) is 44.4 Å². The van der Waals surface area contributed by atoms with Gasteiger partial charge in [0.05, 0.1) is 17.8 Å². The van der Waals surface area contributed by atoms with Crippen molar-refractivity contribution in [3.63, 3.8) is 0 Å². The van der Waals surface area contributed by atoms with E-state index in [1.807, 2.05) is 88.4 Å². The van der Waals surface area contributed by atoms with E-state index in [9.17, 15) is 9.90 Å². The van der Waals surface area contributed by atoms with Gasteiger partial charge in [-0.15, -0.1) is 0 Å². The summed E-state index contributed by atoms with van der Waals surface area (Å²) in [4.78, 5) is 12.3. The molecule has 164 valence electrons. The number of aliphatic hydroxyl groups is 1. The number of benzene rings is 2. The number of amides is 1. The Morgan fingerprint density at radius 3 is 2.32 bits per heavy atom. The molecule has 0 bridgehead atoms. The Balaban J connectivity index is 1.73. The van der Waals surface area contributed by atoms with Gasteiger partial charge in [-0.3, -0.25) is 0 Å². The third-order valence-corrected chi connectivity index (χ3v) is 5.69. The summed E-state index contributed by atoms with van der Waals surface area (Å²) >= 11 is 0. The molecule has 7 heteroatoms. The van der Waals surface area contributed by atoms with Gasteiger partial charge < -0.3 is 24.5 Å². The maximum Gasteiger partial charge on any atom is 0.492 e. The van der Waals surface area contributed by atoms with Crippen LogP contribution in [0.15, 0.2) is 60.1 Å². The zero-order valence-corrected chi connectivity index (χ0v) is 18.6. The molecule has 1 heterocycles. The average Bonchev–Trinajstić information content (AvgIpc) is 2.97. The highest BCUT2D eigenvalue weighted by Crippen LogP contribution is 2.38. The third kappa shape index (κ3) is 5.97. The van der Waals surface area contributed by atoms with E-state index >= 15 is 0 Å². The second-order valence-electron chi connectivity index (χ2n) is 8.63. The van der Waals surface area contributed by atoms with Crippen LogP contribution in [-0.4, -0.2) is 36.1 Å². The first-order valence-corrected chi connectivity index (χ1v) is 10.4. The molecule has 0 saturated carbocycles. The van der Waals surface area contributed by atoms with Crippen molar-refractivity contribution in [3.05, 3.63) is 76.8 Å². The molecule has 1 saturated heterocycles. The molecule has 3 rings (SSSR count). The number of rotatable bonds is 7. The zero-order valence-electron chi connectivity index (χ0n) is 18.6. The van der Waals surface area contributed by atoms with Gasteiger partial charge in [-0.2, -0.15) is 0 Å². The highest BCUT2D eigenvalue weighted by molar-refractivity contribution is 6.56. The fourth-order valence-electron chi connectivity index (χ4n) is 3.14. The van der Waals surface area contributed by atoms with Gasteiger partial charge in [0.25, 0.3) is 0 Å². The fraction of sp³-hybridized carbons (Fsp3) is 0.375. The minimum absolute atomic E-state index is 0.0441. The molecule has 0 unspecified atom stereocenters. The molecule has 0 radical (unpaired) electrons. The Morgan fingerprint density at radius 2 is 1.68 bits per heavy atom. The Labute approximate surface area is 184 Å². The van der Waals surface area contributed by atoms with Crippen molar-refractivity contribution in [2.24, 2.45) is 0 Å². The molecule has 2 aromatic carbocycles. The van der Waals surface area contributed by atoms with Gasteiger partial charge in [-0.25, -0.2) is 4.79 Å². The van der Waals surface area contributed by atoms with Crippen LogP contribution in [0.2, 0.25) is 0 Å². The molecule has 6 nitrogen and oxygen atoms in total. The summed E-state index contributed by atoms with van der Waals surface area (Å²) in [6.07, 6.45) is 1.40. The first-order chi connectivity index (χ1) is 14.7. The standard InChI is InChI=1S/C24H30BNO5/c1-23(2)24(3,4)31-25(30-23)21(14-19-11-8-12-20(13-19)16-27)15-26-22(28)29-17-18-9-6-5-7-10-18/h5-14,27H,15-17H2,1-4H3,(H,26,28). The van der Waals surface area contributed by atoms with Crippen LogP contribution in [-0.2, 0) is 27.3 Å². The van der Waals surface area contributed by atoms with E-state index in [-0.39, 0.29) is 19.8 Å². The molecule has 0 aromatic heterocycles. The van der Waals surface area contributed by atoms with Crippen molar-refractivity contribution in [2.75, 3.05) is 6.54 Å². The normalized spacial score (nSPS) is 17.5. The number of alkyl carbamates (subject to hydrolysis) is 1. The molecule has 0 aliphatic carbocycles. The first-order valence-electron chi connectivity index (χ1n) is 10.4. The summed E-state index contributed by atoms with van der Waals surface area (Å²) in [5.74, 6) is 0. The summed E-state index contributed by atoms with van der Waals surface area (Å²) in [5.41, 5.74) is 2.35. The fourth-order valence-corrected chi connectivity index (χ4v) is 3.14. The smallest absolute Gasteiger partial charge is 0.445 e. The van der Waals surface area contributed by atoms with Crippen molar-refractivity contribution >= 4 is 19.3 Å². The molecule has 2 aromatic rings. The predicted molar refractivity (Wildman–Crippen MR) is 121 cm³/mol. The van der Waals surface area contributed by atoms with E-state index < -0.39 is 24.4 Å². The highest BCUT2D eigenvalue weighted by atomic mass is 16.7. The molecule has 1 aliphatic heterocycles. The Bertz CT molecular complexity index is 911. The Morgan fingerprint density at radius 1 is 1.03 bits per heavy atom. The van der Waals surface area contributed by atoms with Gasteiger partial charge in [-0.1, -0.05) is 54.6 Å². The van der Waals surface area contributed by atoms with Crippen molar-refractivity contribution in [3.8, 4) is 0 Å². The molecule has 2 N–H and O–H groups in total. The number of hydrogen-bond donors (Lipinski definition) is 2. The van der Waals surface area contributed by atoms with E-state index in [1.54, 1.807) is 0 Å². The van der Waals surface area contributed by atoms with Gasteiger partial charge in [0.15, 0.2) is 0 Å². The van der Waals surface area contributed by atoms with Gasteiger partial charge in [0.1, 0.15) is 6.61 Å². The van der Waals surface area contributed by atoms with Crippen molar-refractivity contribution < 1.29 is 23.9 Å². The Hall–Kier alpha value is -2.61. The molecule has 1 aliphatic rings. The lowest BCUT2D eigenvalue weighted by Gasteiger charge is -2.32. The van der Waals surface area contributed by atoms with Crippen LogP contribution in [0.3, 0.4) is 0 Å². The molecular formula is C24H30BNO5. The summed E-state index contributed by atoms with van der Waals surface area (Å²) in [5, 5.41) is 12.2. The maximum atomic E-state index is 12.3. The maximum absolute atomic E-state index is 12.3. The van der Waals surface area contributed by atoms with Gasteiger partial charge in [0, 0.05) is 6.54 Å². The highest BCUT2D eigenvalue weighted by Gasteiger charge is 2.52. The molecule has 0 atom stereocenters. The van der Waals surface area contributed by atoms with E-state index in [1.165, 1.54) is 0 Å². The summed E-state index contributed by atoms with van der Waals surface area (Å²) in [7, 11) is -0.614. The lowest BCUT2D eigenvalue weighted by atomic mass is 9.77. The van der Waals surface area contributed by atoms with Gasteiger partial charge in [-0.05, 0) is 55.9 Å². The van der Waals surface area contributed by atoms with E-state index in [4.69, 9.17) is 14.0 Å².